The third-order valence-corrected chi connectivity index (χ3v) is 5.70. The monoisotopic (exact) mass is 457 g/mol. The summed E-state index contributed by atoms with van der Waals surface area (Å²) >= 11 is 5.76. The molecule has 3 rings (SSSR count). The number of hydrogen-bond donors (Lipinski definition) is 4. The van der Waals surface area contributed by atoms with Crippen LogP contribution < -0.4 is 16.4 Å². The summed E-state index contributed by atoms with van der Waals surface area (Å²) in [6.45, 7) is -0.487. The highest BCUT2D eigenvalue weighted by Gasteiger charge is 2.35. The van der Waals surface area contributed by atoms with Crippen LogP contribution in [-0.4, -0.2) is 54.1 Å². The van der Waals surface area contributed by atoms with Crippen LogP contribution >= 0.6 is 11.6 Å². The average molecular weight is 458 g/mol. The molecule has 1 aromatic rings. The van der Waals surface area contributed by atoms with E-state index in [0.717, 1.165) is 37.8 Å². The van der Waals surface area contributed by atoms with E-state index >= 15 is 0 Å². The van der Waals surface area contributed by atoms with Gasteiger partial charge in [0.2, 0.25) is 0 Å². The van der Waals surface area contributed by atoms with Crippen LogP contribution in [0.2, 0.25) is 5.02 Å². The lowest BCUT2D eigenvalue weighted by molar-refractivity contribution is -0.114. The van der Waals surface area contributed by atoms with Gasteiger partial charge < -0.3 is 21.3 Å². The number of carbonyl (C=O) groups excluding carboxylic acids is 2. The summed E-state index contributed by atoms with van der Waals surface area (Å²) in [5, 5.41) is 13.5. The van der Waals surface area contributed by atoms with Crippen LogP contribution in [0.1, 0.15) is 31.2 Å². The number of urea groups is 1. The van der Waals surface area contributed by atoms with Crippen LogP contribution in [0.15, 0.2) is 29.5 Å². The first kappa shape index (κ1) is 22.9. The summed E-state index contributed by atoms with van der Waals surface area (Å²) in [6, 6.07) is 1.41. The van der Waals surface area contributed by atoms with Gasteiger partial charge in [0.15, 0.2) is 0 Å². The van der Waals surface area contributed by atoms with Crippen molar-refractivity contribution in [1.29, 1.82) is 5.41 Å². The Kier molecular flexibility index (Phi) is 7.09. The third kappa shape index (κ3) is 5.30. The fourth-order valence-corrected chi connectivity index (χ4v) is 3.99. The van der Waals surface area contributed by atoms with Gasteiger partial charge in [-0.05, 0) is 31.0 Å². The second kappa shape index (κ2) is 9.59. The maximum absolute atomic E-state index is 13.5. The number of carbonyl (C=O) groups is 2. The topological polar surface area (TPSA) is 111 Å². The van der Waals surface area contributed by atoms with Gasteiger partial charge in [-0.2, -0.15) is 0 Å². The van der Waals surface area contributed by atoms with Crippen molar-refractivity contribution in [2.45, 2.75) is 44.2 Å². The number of nitrogens with zero attached hydrogens (tertiary/aromatic N) is 1. The van der Waals surface area contributed by atoms with E-state index in [1.165, 1.54) is 11.0 Å². The second-order valence-corrected chi connectivity index (χ2v) is 8.03. The van der Waals surface area contributed by atoms with Crippen molar-refractivity contribution in [3.8, 4) is 0 Å². The van der Waals surface area contributed by atoms with Crippen LogP contribution in [-0.2, 0) is 4.79 Å². The molecule has 1 aliphatic carbocycles. The lowest BCUT2D eigenvalue weighted by atomic mass is 9.98. The standard InChI is InChI=1S/C20H23ClF3N5O2/c21-12-7-10(5-6-13(12)22)17(25)16(19(26)30)14-8-29(9-15(28-14)18(23)24)20(31)27-11-3-1-2-4-11/h5-7,11,15,18,25,28H,1-4,8-9H2,(H2,26,30)(H,27,31)/b16-14+,25-17?. The Morgan fingerprint density at radius 2 is 1.97 bits per heavy atom. The zero-order valence-electron chi connectivity index (χ0n) is 16.6. The van der Waals surface area contributed by atoms with Crippen molar-refractivity contribution in [2.75, 3.05) is 13.1 Å². The van der Waals surface area contributed by atoms with E-state index in [4.69, 9.17) is 22.7 Å². The summed E-state index contributed by atoms with van der Waals surface area (Å²) in [4.78, 5) is 26.0. The molecule has 31 heavy (non-hydrogen) atoms. The molecule has 0 bridgehead atoms. The molecule has 168 valence electrons. The molecule has 1 aliphatic heterocycles. The Balaban J connectivity index is 1.93. The minimum atomic E-state index is -2.83. The van der Waals surface area contributed by atoms with Crippen LogP contribution in [0.25, 0.3) is 0 Å². The zero-order valence-corrected chi connectivity index (χ0v) is 17.3. The van der Waals surface area contributed by atoms with Gasteiger partial charge in [-0.25, -0.2) is 18.0 Å². The molecule has 0 radical (unpaired) electrons. The summed E-state index contributed by atoms with van der Waals surface area (Å²) in [5.74, 6) is -1.76. The zero-order chi connectivity index (χ0) is 22.7. The number of hydrogen-bond acceptors (Lipinski definition) is 4. The number of piperazine rings is 1. The largest absolute Gasteiger partial charge is 0.376 e. The average Bonchev–Trinajstić information content (AvgIpc) is 3.22. The van der Waals surface area contributed by atoms with Crippen LogP contribution in [0.3, 0.4) is 0 Å². The molecule has 11 heteroatoms. The molecule has 1 aromatic carbocycles. The molecule has 2 aliphatic rings. The molecular weight excluding hydrogens is 435 g/mol. The quantitative estimate of drug-likeness (QED) is 0.403. The summed E-state index contributed by atoms with van der Waals surface area (Å²) in [5.41, 5.74) is 4.68. The minimum absolute atomic E-state index is 0.0184. The van der Waals surface area contributed by atoms with Gasteiger partial charge >= 0.3 is 6.03 Å². The van der Waals surface area contributed by atoms with Gasteiger partial charge in [-0.15, -0.1) is 0 Å². The maximum Gasteiger partial charge on any atom is 0.318 e. The van der Waals surface area contributed by atoms with Crippen molar-refractivity contribution in [1.82, 2.24) is 15.5 Å². The highest BCUT2D eigenvalue weighted by molar-refractivity contribution is 6.32. The number of halogens is 4. The van der Waals surface area contributed by atoms with Crippen molar-refractivity contribution in [3.63, 3.8) is 0 Å². The molecule has 3 amide bonds. The van der Waals surface area contributed by atoms with Crippen molar-refractivity contribution in [3.05, 3.63) is 45.9 Å². The van der Waals surface area contributed by atoms with Gasteiger partial charge in [-0.3, -0.25) is 10.2 Å². The Labute approximate surface area is 182 Å². The summed E-state index contributed by atoms with van der Waals surface area (Å²) in [6.07, 6.45) is 0.782. The van der Waals surface area contributed by atoms with E-state index in [1.807, 2.05) is 0 Å². The predicted octanol–water partition coefficient (Wildman–Crippen LogP) is 2.78. The number of nitrogens with one attached hydrogen (secondary N) is 3. The van der Waals surface area contributed by atoms with Gasteiger partial charge in [0.25, 0.3) is 12.3 Å². The number of alkyl halides is 2. The third-order valence-electron chi connectivity index (χ3n) is 5.41. The first-order chi connectivity index (χ1) is 14.7. The molecule has 0 spiro atoms. The van der Waals surface area contributed by atoms with E-state index in [0.29, 0.717) is 0 Å². The number of rotatable bonds is 5. The van der Waals surface area contributed by atoms with Crippen molar-refractivity contribution < 1.29 is 22.8 Å². The normalized spacial score (nSPS) is 21.1. The van der Waals surface area contributed by atoms with E-state index in [9.17, 15) is 22.8 Å². The maximum atomic E-state index is 13.5. The molecule has 7 nitrogen and oxygen atoms in total. The van der Waals surface area contributed by atoms with Crippen LogP contribution in [0, 0.1) is 11.2 Å². The van der Waals surface area contributed by atoms with Crippen LogP contribution in [0.4, 0.5) is 18.0 Å². The Bertz CT molecular complexity index is 918. The predicted molar refractivity (Wildman–Crippen MR) is 110 cm³/mol. The second-order valence-electron chi connectivity index (χ2n) is 7.62. The lowest BCUT2D eigenvalue weighted by Gasteiger charge is -2.37. The molecule has 0 aromatic heterocycles. The first-order valence-corrected chi connectivity index (χ1v) is 10.2. The number of nitrogens with two attached hydrogens (primary N) is 1. The number of amides is 3. The molecule has 1 saturated carbocycles. The highest BCUT2D eigenvalue weighted by Crippen LogP contribution is 2.23. The summed E-state index contributed by atoms with van der Waals surface area (Å²) < 4.78 is 40.6. The van der Waals surface area contributed by atoms with Gasteiger partial charge in [-0.1, -0.05) is 24.4 Å². The minimum Gasteiger partial charge on any atom is -0.376 e. The molecule has 1 unspecified atom stereocenters. The molecule has 1 saturated heterocycles. The fraction of sp³-hybridized carbons (Fsp3) is 0.450. The molecule has 2 fully saturated rings. The SMILES string of the molecule is N=C(/C(C(N)=O)=C1/CN(C(=O)NC2CCCC2)CC(C(F)F)N1)c1ccc(F)c(Cl)c1. The first-order valence-electron chi connectivity index (χ1n) is 9.84. The van der Waals surface area contributed by atoms with Crippen LogP contribution in [0.5, 0.6) is 0 Å². The van der Waals surface area contributed by atoms with E-state index in [1.54, 1.807) is 0 Å². The summed E-state index contributed by atoms with van der Waals surface area (Å²) in [7, 11) is 0. The number of primary amides is 1. The van der Waals surface area contributed by atoms with Crippen molar-refractivity contribution >= 4 is 29.3 Å². The van der Waals surface area contributed by atoms with E-state index in [2.05, 4.69) is 10.6 Å². The Morgan fingerprint density at radius 1 is 1.29 bits per heavy atom. The van der Waals surface area contributed by atoms with E-state index in [-0.39, 0.29) is 41.0 Å². The van der Waals surface area contributed by atoms with Crippen molar-refractivity contribution in [2.24, 2.45) is 5.73 Å². The van der Waals surface area contributed by atoms with Gasteiger partial charge in [0.05, 0.1) is 22.9 Å². The molecule has 5 N–H and O–H groups in total. The fourth-order valence-electron chi connectivity index (χ4n) is 3.81. The molecular formula is C20H23ClF3N5O2. The highest BCUT2D eigenvalue weighted by atomic mass is 35.5. The van der Waals surface area contributed by atoms with Gasteiger partial charge in [0, 0.05) is 23.8 Å². The molecule has 1 heterocycles. The lowest BCUT2D eigenvalue weighted by Crippen LogP contribution is -2.58. The Hall–Kier alpha value is -2.75. The van der Waals surface area contributed by atoms with E-state index < -0.39 is 35.9 Å². The Morgan fingerprint density at radius 3 is 2.55 bits per heavy atom. The molecule has 1 atom stereocenters. The smallest absolute Gasteiger partial charge is 0.318 e. The van der Waals surface area contributed by atoms with Gasteiger partial charge in [0.1, 0.15) is 11.9 Å². The number of benzene rings is 1.